The van der Waals surface area contributed by atoms with E-state index in [4.69, 9.17) is 14.2 Å². The van der Waals surface area contributed by atoms with Crippen molar-refractivity contribution in [1.82, 2.24) is 0 Å². The Hall–Kier alpha value is -4.69. The third kappa shape index (κ3) is 7.90. The average molecular weight is 594 g/mol. The van der Waals surface area contributed by atoms with Crippen LogP contribution >= 0.6 is 15.9 Å². The van der Waals surface area contributed by atoms with E-state index in [2.05, 4.69) is 21.2 Å². The molecule has 11 heteroatoms. The second kappa shape index (κ2) is 13.7. The molecule has 0 saturated heterocycles. The molecule has 0 aromatic heterocycles. The fourth-order valence-corrected chi connectivity index (χ4v) is 3.76. The first-order valence-electron chi connectivity index (χ1n) is 11.8. The standard InChI is InChI=1S/C28H24BrN3O7/c1-3-37-25-14-20(24(29)15-26(25)39-17-18-5-11-23(12-6-18)32(35)36)13-21(16-30)27(33)31-22-9-7-19(8-10-22)28(34)38-4-2/h5-15H,3-4,17H2,1-2H3,(H,31,33)/b21-13+. The fraction of sp³-hybridized carbons (Fsp3) is 0.179. The van der Waals surface area contributed by atoms with Gasteiger partial charge < -0.3 is 19.5 Å². The maximum Gasteiger partial charge on any atom is 0.338 e. The number of nitro groups is 1. The molecule has 0 fully saturated rings. The zero-order valence-corrected chi connectivity index (χ0v) is 22.7. The molecule has 0 saturated carbocycles. The summed E-state index contributed by atoms with van der Waals surface area (Å²) in [5.41, 5.74) is 1.80. The lowest BCUT2D eigenvalue weighted by Crippen LogP contribution is -2.13. The van der Waals surface area contributed by atoms with Crippen LogP contribution in [0.4, 0.5) is 11.4 Å². The number of nitro benzene ring substituents is 1. The molecule has 3 rings (SSSR count). The number of esters is 1. The molecule has 200 valence electrons. The van der Waals surface area contributed by atoms with Gasteiger partial charge in [0.1, 0.15) is 18.2 Å². The third-order valence-corrected chi connectivity index (χ3v) is 5.91. The van der Waals surface area contributed by atoms with Gasteiger partial charge in [-0.05, 0) is 79.6 Å². The Bertz CT molecular complexity index is 1430. The minimum atomic E-state index is -0.634. The van der Waals surface area contributed by atoms with Gasteiger partial charge in [-0.15, -0.1) is 0 Å². The molecular formula is C28H24BrN3O7. The van der Waals surface area contributed by atoms with Gasteiger partial charge in [0.2, 0.25) is 0 Å². The quantitative estimate of drug-likeness (QED) is 0.0929. The highest BCUT2D eigenvalue weighted by Gasteiger charge is 2.15. The first-order valence-corrected chi connectivity index (χ1v) is 12.6. The highest BCUT2D eigenvalue weighted by atomic mass is 79.9. The second-order valence-electron chi connectivity index (χ2n) is 7.89. The molecule has 3 aromatic carbocycles. The molecule has 1 N–H and O–H groups in total. The van der Waals surface area contributed by atoms with Crippen LogP contribution in [-0.4, -0.2) is 30.0 Å². The first-order chi connectivity index (χ1) is 18.7. The van der Waals surface area contributed by atoms with Gasteiger partial charge in [-0.2, -0.15) is 5.26 Å². The van der Waals surface area contributed by atoms with Gasteiger partial charge in [0, 0.05) is 22.3 Å². The largest absolute Gasteiger partial charge is 0.490 e. The lowest BCUT2D eigenvalue weighted by molar-refractivity contribution is -0.384. The van der Waals surface area contributed by atoms with Gasteiger partial charge >= 0.3 is 5.97 Å². The molecule has 3 aromatic rings. The van der Waals surface area contributed by atoms with Crippen molar-refractivity contribution in [2.45, 2.75) is 20.5 Å². The Morgan fingerprint density at radius 1 is 1.03 bits per heavy atom. The van der Waals surface area contributed by atoms with Crippen molar-refractivity contribution in [3.8, 4) is 17.6 Å². The number of non-ortho nitro benzene ring substituents is 1. The van der Waals surface area contributed by atoms with Crippen LogP contribution < -0.4 is 14.8 Å². The number of nitriles is 1. The van der Waals surface area contributed by atoms with Crippen molar-refractivity contribution in [3.63, 3.8) is 0 Å². The fourth-order valence-electron chi connectivity index (χ4n) is 3.32. The number of carbonyl (C=O) groups is 2. The summed E-state index contributed by atoms with van der Waals surface area (Å²) in [5.74, 6) is -0.308. The SMILES string of the molecule is CCOC(=O)c1ccc(NC(=O)/C(C#N)=C/c2cc(OCC)c(OCc3ccc([N+](=O)[O-])cc3)cc2Br)cc1. The summed E-state index contributed by atoms with van der Waals surface area (Å²) in [5, 5.41) is 23.1. The number of nitrogens with zero attached hydrogens (tertiary/aromatic N) is 2. The predicted octanol–water partition coefficient (Wildman–Crippen LogP) is 6.06. The summed E-state index contributed by atoms with van der Waals surface area (Å²) >= 11 is 3.45. The molecule has 0 bridgehead atoms. The van der Waals surface area contributed by atoms with Gasteiger partial charge in [-0.25, -0.2) is 4.79 Å². The van der Waals surface area contributed by atoms with E-state index in [1.54, 1.807) is 50.2 Å². The normalized spacial score (nSPS) is 10.8. The maximum absolute atomic E-state index is 12.8. The topological polar surface area (TPSA) is 141 Å². The smallest absolute Gasteiger partial charge is 0.338 e. The van der Waals surface area contributed by atoms with Crippen LogP contribution in [0.2, 0.25) is 0 Å². The number of rotatable bonds is 11. The van der Waals surface area contributed by atoms with E-state index in [9.17, 15) is 25.0 Å². The number of benzene rings is 3. The van der Waals surface area contributed by atoms with E-state index in [0.717, 1.165) is 5.56 Å². The van der Waals surface area contributed by atoms with Gasteiger partial charge in [-0.3, -0.25) is 14.9 Å². The number of hydrogen-bond acceptors (Lipinski definition) is 8. The minimum Gasteiger partial charge on any atom is -0.490 e. The van der Waals surface area contributed by atoms with Gasteiger partial charge in [-0.1, -0.05) is 15.9 Å². The first kappa shape index (κ1) is 28.9. The van der Waals surface area contributed by atoms with Crippen molar-refractivity contribution in [2.75, 3.05) is 18.5 Å². The van der Waals surface area contributed by atoms with E-state index in [1.807, 2.05) is 6.07 Å². The van der Waals surface area contributed by atoms with Crippen molar-refractivity contribution in [3.05, 3.63) is 97.5 Å². The molecule has 0 radical (unpaired) electrons. The van der Waals surface area contributed by atoms with Crippen LogP contribution in [0.5, 0.6) is 11.5 Å². The van der Waals surface area contributed by atoms with Crippen LogP contribution in [0, 0.1) is 21.4 Å². The molecule has 0 aliphatic rings. The van der Waals surface area contributed by atoms with Crippen LogP contribution in [0.25, 0.3) is 6.08 Å². The summed E-state index contributed by atoms with van der Waals surface area (Å²) in [4.78, 5) is 35.0. The summed E-state index contributed by atoms with van der Waals surface area (Å²) in [6.07, 6.45) is 1.41. The summed E-state index contributed by atoms with van der Waals surface area (Å²) < 4.78 is 17.1. The zero-order chi connectivity index (χ0) is 28.4. The van der Waals surface area contributed by atoms with Gasteiger partial charge in [0.15, 0.2) is 11.5 Å². The van der Waals surface area contributed by atoms with Crippen LogP contribution in [0.3, 0.4) is 0 Å². The number of nitrogens with one attached hydrogen (secondary N) is 1. The molecule has 10 nitrogen and oxygen atoms in total. The van der Waals surface area contributed by atoms with Crippen LogP contribution in [0.1, 0.15) is 35.3 Å². The molecule has 0 spiro atoms. The summed E-state index contributed by atoms with van der Waals surface area (Å²) in [7, 11) is 0. The lowest BCUT2D eigenvalue weighted by atomic mass is 10.1. The molecule has 0 heterocycles. The number of halogens is 1. The van der Waals surface area contributed by atoms with Crippen molar-refractivity contribution in [1.29, 1.82) is 5.26 Å². The van der Waals surface area contributed by atoms with E-state index < -0.39 is 16.8 Å². The Balaban J connectivity index is 1.78. The van der Waals surface area contributed by atoms with Gasteiger partial charge in [0.25, 0.3) is 11.6 Å². The molecule has 0 aliphatic carbocycles. The Kier molecular flexibility index (Phi) is 10.2. The highest BCUT2D eigenvalue weighted by Crippen LogP contribution is 2.35. The molecule has 1 amide bonds. The number of carbonyl (C=O) groups excluding carboxylic acids is 2. The summed E-state index contributed by atoms with van der Waals surface area (Å²) in [6.45, 7) is 4.24. The average Bonchev–Trinajstić information content (AvgIpc) is 2.93. The molecule has 0 atom stereocenters. The number of anilines is 1. The molecule has 0 aliphatic heterocycles. The van der Waals surface area contributed by atoms with E-state index in [0.29, 0.717) is 39.4 Å². The molecule has 39 heavy (non-hydrogen) atoms. The number of amides is 1. The Labute approximate surface area is 233 Å². The Morgan fingerprint density at radius 2 is 1.69 bits per heavy atom. The van der Waals surface area contributed by atoms with Crippen LogP contribution in [0.15, 0.2) is 70.7 Å². The molecular weight excluding hydrogens is 570 g/mol. The van der Waals surface area contributed by atoms with Crippen LogP contribution in [-0.2, 0) is 16.1 Å². The van der Waals surface area contributed by atoms with Crippen molar-refractivity contribution in [2.24, 2.45) is 0 Å². The second-order valence-corrected chi connectivity index (χ2v) is 8.74. The maximum atomic E-state index is 12.8. The van der Waals surface area contributed by atoms with Crippen molar-refractivity contribution < 1.29 is 28.7 Å². The van der Waals surface area contributed by atoms with E-state index in [1.165, 1.54) is 30.3 Å². The number of hydrogen-bond donors (Lipinski definition) is 1. The zero-order valence-electron chi connectivity index (χ0n) is 21.1. The number of ether oxygens (including phenoxy) is 3. The molecule has 0 unspecified atom stereocenters. The minimum absolute atomic E-state index is 0.0151. The van der Waals surface area contributed by atoms with E-state index >= 15 is 0 Å². The highest BCUT2D eigenvalue weighted by molar-refractivity contribution is 9.10. The van der Waals surface area contributed by atoms with E-state index in [-0.39, 0.29) is 24.5 Å². The van der Waals surface area contributed by atoms with Crippen molar-refractivity contribution >= 4 is 45.3 Å². The predicted molar refractivity (Wildman–Crippen MR) is 147 cm³/mol. The van der Waals surface area contributed by atoms with Gasteiger partial charge in [0.05, 0.1) is 23.7 Å². The lowest BCUT2D eigenvalue weighted by Gasteiger charge is -2.14. The monoisotopic (exact) mass is 593 g/mol. The Morgan fingerprint density at radius 3 is 2.28 bits per heavy atom. The third-order valence-electron chi connectivity index (χ3n) is 5.22. The summed E-state index contributed by atoms with van der Waals surface area (Å²) in [6, 6.07) is 17.3.